The molecule has 0 saturated carbocycles. The SMILES string of the molecule is CCNc1ncc(I)c2ccccc12. The number of nitrogens with zero attached hydrogens (tertiary/aromatic N) is 1. The minimum absolute atomic E-state index is 0.900. The zero-order valence-corrected chi connectivity index (χ0v) is 10.1. The normalized spacial score (nSPS) is 10.4. The maximum absolute atomic E-state index is 4.38. The third kappa shape index (κ3) is 1.68. The molecule has 0 atom stereocenters. The second-order valence-electron chi connectivity index (χ2n) is 3.03. The van der Waals surface area contributed by atoms with E-state index in [0.29, 0.717) is 0 Å². The van der Waals surface area contributed by atoms with Crippen molar-refractivity contribution >= 4 is 39.2 Å². The maximum atomic E-state index is 4.38. The molecule has 0 aliphatic heterocycles. The standard InChI is InChI=1S/C11H11IN2/c1-2-13-11-9-6-4-3-5-8(9)10(12)7-14-11/h3-7H,2H2,1H3,(H,13,14). The highest BCUT2D eigenvalue weighted by molar-refractivity contribution is 14.1. The Kier molecular flexibility index (Phi) is 2.86. The zero-order chi connectivity index (χ0) is 9.97. The van der Waals surface area contributed by atoms with E-state index in [2.05, 4.69) is 58.0 Å². The third-order valence-corrected chi connectivity index (χ3v) is 2.95. The molecule has 0 saturated heterocycles. The number of hydrogen-bond acceptors (Lipinski definition) is 2. The number of anilines is 1. The molecule has 0 aliphatic carbocycles. The van der Waals surface area contributed by atoms with Crippen LogP contribution >= 0.6 is 22.6 Å². The van der Waals surface area contributed by atoms with Gasteiger partial charge in [-0.05, 0) is 29.5 Å². The first-order valence-corrected chi connectivity index (χ1v) is 5.68. The molecule has 72 valence electrons. The molecule has 1 N–H and O–H groups in total. The topological polar surface area (TPSA) is 24.9 Å². The van der Waals surface area contributed by atoms with E-state index in [1.807, 2.05) is 12.3 Å². The molecule has 0 aliphatic rings. The van der Waals surface area contributed by atoms with E-state index in [1.54, 1.807) is 0 Å². The van der Waals surface area contributed by atoms with Crippen molar-refractivity contribution in [2.75, 3.05) is 11.9 Å². The summed E-state index contributed by atoms with van der Waals surface area (Å²) in [5, 5.41) is 5.72. The van der Waals surface area contributed by atoms with E-state index < -0.39 is 0 Å². The van der Waals surface area contributed by atoms with Crippen LogP contribution in [0.15, 0.2) is 30.5 Å². The van der Waals surface area contributed by atoms with Gasteiger partial charge in [-0.1, -0.05) is 24.3 Å². The highest BCUT2D eigenvalue weighted by atomic mass is 127. The Balaban J connectivity index is 2.68. The van der Waals surface area contributed by atoms with Crippen LogP contribution in [0.3, 0.4) is 0 Å². The summed E-state index contributed by atoms with van der Waals surface area (Å²) in [5.41, 5.74) is 0. The van der Waals surface area contributed by atoms with Gasteiger partial charge in [0.05, 0.1) is 0 Å². The summed E-state index contributed by atoms with van der Waals surface area (Å²) in [6.07, 6.45) is 1.90. The molecule has 0 bridgehead atoms. The molecule has 1 aromatic heterocycles. The lowest BCUT2D eigenvalue weighted by Gasteiger charge is -2.07. The van der Waals surface area contributed by atoms with Crippen LogP contribution in [0.25, 0.3) is 10.8 Å². The molecular formula is C11H11IN2. The first kappa shape index (κ1) is 9.71. The molecule has 0 fully saturated rings. The van der Waals surface area contributed by atoms with Crippen molar-refractivity contribution in [3.8, 4) is 0 Å². The molecule has 0 spiro atoms. The first-order chi connectivity index (χ1) is 6.83. The predicted octanol–water partition coefficient (Wildman–Crippen LogP) is 3.27. The Hall–Kier alpha value is -0.840. The van der Waals surface area contributed by atoms with Crippen molar-refractivity contribution in [2.45, 2.75) is 6.92 Å². The Morgan fingerprint density at radius 1 is 1.29 bits per heavy atom. The monoisotopic (exact) mass is 298 g/mol. The van der Waals surface area contributed by atoms with Gasteiger partial charge in [0.25, 0.3) is 0 Å². The maximum Gasteiger partial charge on any atom is 0.133 e. The zero-order valence-electron chi connectivity index (χ0n) is 7.92. The second kappa shape index (κ2) is 4.13. The second-order valence-corrected chi connectivity index (χ2v) is 4.19. The van der Waals surface area contributed by atoms with Gasteiger partial charge in [-0.3, -0.25) is 0 Å². The van der Waals surface area contributed by atoms with Crippen molar-refractivity contribution < 1.29 is 0 Å². The summed E-state index contributed by atoms with van der Waals surface area (Å²) >= 11 is 2.31. The number of nitrogens with one attached hydrogen (secondary N) is 1. The van der Waals surface area contributed by atoms with Crippen LogP contribution in [0, 0.1) is 3.57 Å². The van der Waals surface area contributed by atoms with Gasteiger partial charge in [0.2, 0.25) is 0 Å². The van der Waals surface area contributed by atoms with Crippen LogP contribution in [0.4, 0.5) is 5.82 Å². The van der Waals surface area contributed by atoms with Crippen molar-refractivity contribution in [3.63, 3.8) is 0 Å². The van der Waals surface area contributed by atoms with E-state index >= 15 is 0 Å². The van der Waals surface area contributed by atoms with Gasteiger partial charge in [-0.15, -0.1) is 0 Å². The van der Waals surface area contributed by atoms with Crippen LogP contribution in [0.5, 0.6) is 0 Å². The van der Waals surface area contributed by atoms with E-state index in [0.717, 1.165) is 12.4 Å². The van der Waals surface area contributed by atoms with Gasteiger partial charge >= 0.3 is 0 Å². The van der Waals surface area contributed by atoms with E-state index in [-0.39, 0.29) is 0 Å². The predicted molar refractivity (Wildman–Crippen MR) is 68.6 cm³/mol. The minimum Gasteiger partial charge on any atom is -0.370 e. The van der Waals surface area contributed by atoms with Crippen LogP contribution in [-0.4, -0.2) is 11.5 Å². The van der Waals surface area contributed by atoms with Gasteiger partial charge in [-0.25, -0.2) is 4.98 Å². The van der Waals surface area contributed by atoms with Crippen molar-refractivity contribution in [1.29, 1.82) is 0 Å². The fourth-order valence-electron chi connectivity index (χ4n) is 1.47. The van der Waals surface area contributed by atoms with E-state index in [9.17, 15) is 0 Å². The average molecular weight is 298 g/mol. The number of aromatic nitrogens is 1. The van der Waals surface area contributed by atoms with Crippen molar-refractivity contribution in [3.05, 3.63) is 34.0 Å². The molecule has 1 aromatic carbocycles. The number of benzene rings is 1. The summed E-state index contributed by atoms with van der Waals surface area (Å²) < 4.78 is 1.19. The van der Waals surface area contributed by atoms with Crippen molar-refractivity contribution in [1.82, 2.24) is 4.98 Å². The number of pyridine rings is 1. The summed E-state index contributed by atoms with van der Waals surface area (Å²) in [4.78, 5) is 4.38. The van der Waals surface area contributed by atoms with Crippen molar-refractivity contribution in [2.24, 2.45) is 0 Å². The lowest BCUT2D eigenvalue weighted by Crippen LogP contribution is -2.00. The molecular weight excluding hydrogens is 287 g/mol. The summed E-state index contributed by atoms with van der Waals surface area (Å²) in [6.45, 7) is 2.98. The van der Waals surface area contributed by atoms with Gasteiger partial charge in [-0.2, -0.15) is 0 Å². The smallest absolute Gasteiger partial charge is 0.133 e. The van der Waals surface area contributed by atoms with Gasteiger partial charge in [0, 0.05) is 27.1 Å². The summed E-state index contributed by atoms with van der Waals surface area (Å²) in [5.74, 6) is 0.975. The molecule has 1 heterocycles. The molecule has 0 amide bonds. The Labute approximate surface area is 96.9 Å². The molecule has 2 aromatic rings. The van der Waals surface area contributed by atoms with E-state index in [1.165, 1.54) is 14.3 Å². The molecule has 0 radical (unpaired) electrons. The van der Waals surface area contributed by atoms with Crippen LogP contribution < -0.4 is 5.32 Å². The Morgan fingerprint density at radius 2 is 2.00 bits per heavy atom. The lowest BCUT2D eigenvalue weighted by molar-refractivity contribution is 1.17. The van der Waals surface area contributed by atoms with Gasteiger partial charge in [0.15, 0.2) is 0 Å². The third-order valence-electron chi connectivity index (χ3n) is 2.09. The highest BCUT2D eigenvalue weighted by Crippen LogP contribution is 2.24. The van der Waals surface area contributed by atoms with Crippen LogP contribution in [-0.2, 0) is 0 Å². The fourth-order valence-corrected chi connectivity index (χ4v) is 2.08. The van der Waals surface area contributed by atoms with E-state index in [4.69, 9.17) is 0 Å². The molecule has 0 unspecified atom stereocenters. The minimum atomic E-state index is 0.900. The lowest BCUT2D eigenvalue weighted by atomic mass is 10.1. The molecule has 2 nitrogen and oxygen atoms in total. The summed E-state index contributed by atoms with van der Waals surface area (Å²) in [6, 6.07) is 8.32. The summed E-state index contributed by atoms with van der Waals surface area (Å²) in [7, 11) is 0. The quantitative estimate of drug-likeness (QED) is 0.861. The van der Waals surface area contributed by atoms with Crippen LogP contribution in [0.1, 0.15) is 6.92 Å². The largest absolute Gasteiger partial charge is 0.370 e. The number of fused-ring (bicyclic) bond motifs is 1. The Bertz CT molecular complexity index is 454. The number of rotatable bonds is 2. The fraction of sp³-hybridized carbons (Fsp3) is 0.182. The molecule has 14 heavy (non-hydrogen) atoms. The number of halogens is 1. The molecule has 3 heteroatoms. The average Bonchev–Trinajstić information content (AvgIpc) is 2.23. The highest BCUT2D eigenvalue weighted by Gasteiger charge is 2.03. The first-order valence-electron chi connectivity index (χ1n) is 4.60. The Morgan fingerprint density at radius 3 is 2.71 bits per heavy atom. The van der Waals surface area contributed by atoms with Crippen LogP contribution in [0.2, 0.25) is 0 Å². The molecule has 2 rings (SSSR count). The number of hydrogen-bond donors (Lipinski definition) is 1. The van der Waals surface area contributed by atoms with Gasteiger partial charge < -0.3 is 5.32 Å². The van der Waals surface area contributed by atoms with Gasteiger partial charge in [0.1, 0.15) is 5.82 Å².